The molecule has 37 heavy (non-hydrogen) atoms. The first-order valence-corrected chi connectivity index (χ1v) is 12.9. The number of hydrogen-bond acceptors (Lipinski definition) is 3. The molecule has 4 nitrogen and oxygen atoms in total. The zero-order chi connectivity index (χ0) is 26.1. The Kier molecular flexibility index (Phi) is 5.10. The van der Waals surface area contributed by atoms with Gasteiger partial charge in [-0.1, -0.05) is 71.9 Å². The van der Waals surface area contributed by atoms with Gasteiger partial charge >= 0.3 is 0 Å². The van der Waals surface area contributed by atoms with Crippen molar-refractivity contribution < 1.29 is 4.42 Å². The van der Waals surface area contributed by atoms with Crippen LogP contribution in [0.15, 0.2) is 77.2 Å². The number of imidazole rings is 1. The van der Waals surface area contributed by atoms with Crippen molar-refractivity contribution in [3.05, 3.63) is 84.2 Å². The lowest BCUT2D eigenvalue weighted by atomic mass is 9.85. The Labute approximate surface area is 218 Å². The van der Waals surface area contributed by atoms with Gasteiger partial charge in [-0.3, -0.25) is 4.98 Å². The molecule has 3 heterocycles. The Hall–Kier alpha value is -3.92. The predicted molar refractivity (Wildman–Crippen MR) is 154 cm³/mol. The van der Waals surface area contributed by atoms with Gasteiger partial charge in [0.25, 0.3) is 0 Å². The third-order valence-electron chi connectivity index (χ3n) is 7.22. The highest BCUT2D eigenvalue weighted by Crippen LogP contribution is 2.39. The molecule has 0 aliphatic rings. The van der Waals surface area contributed by atoms with Gasteiger partial charge < -0.3 is 8.98 Å². The minimum atomic E-state index is -0.0417. The lowest BCUT2D eigenvalue weighted by Crippen LogP contribution is -2.20. The third-order valence-corrected chi connectivity index (χ3v) is 7.22. The van der Waals surface area contributed by atoms with Crippen LogP contribution in [0.25, 0.3) is 55.5 Å². The standard InChI is InChI=1S/C33H33N3O/c1-32(2,3)28-18-21(19-29(35-28)33(4,5)6)20-15-16-22-23-11-10-12-24(30(23)37-27(22)17-20)31-34-25-13-8-9-14-26(25)36(31)7/h8-19H,1-7H3. The Morgan fingerprint density at radius 1 is 0.676 bits per heavy atom. The summed E-state index contributed by atoms with van der Waals surface area (Å²) in [6, 6.07) is 25.6. The number of furan rings is 1. The Balaban J connectivity index is 1.54. The summed E-state index contributed by atoms with van der Waals surface area (Å²) in [6.45, 7) is 13.3. The van der Waals surface area contributed by atoms with Gasteiger partial charge in [0.2, 0.25) is 0 Å². The molecule has 6 aromatic rings. The second kappa shape index (κ2) is 8.04. The molecule has 3 aromatic carbocycles. The van der Waals surface area contributed by atoms with E-state index in [1.807, 2.05) is 12.1 Å². The number of pyridine rings is 1. The predicted octanol–water partition coefficient (Wildman–Crippen LogP) is 8.80. The van der Waals surface area contributed by atoms with Crippen molar-refractivity contribution in [3.8, 4) is 22.5 Å². The van der Waals surface area contributed by atoms with Gasteiger partial charge in [0.05, 0.1) is 16.6 Å². The highest BCUT2D eigenvalue weighted by atomic mass is 16.3. The molecule has 4 heteroatoms. The largest absolute Gasteiger partial charge is 0.455 e. The average Bonchev–Trinajstić information content (AvgIpc) is 3.40. The highest BCUT2D eigenvalue weighted by Gasteiger charge is 2.23. The topological polar surface area (TPSA) is 43.9 Å². The van der Waals surface area contributed by atoms with Crippen molar-refractivity contribution in [2.24, 2.45) is 7.05 Å². The van der Waals surface area contributed by atoms with E-state index in [0.29, 0.717) is 0 Å². The quantitative estimate of drug-likeness (QED) is 0.245. The third kappa shape index (κ3) is 3.92. The summed E-state index contributed by atoms with van der Waals surface area (Å²) in [4.78, 5) is 9.97. The van der Waals surface area contributed by atoms with E-state index in [2.05, 4.69) is 114 Å². The number of benzene rings is 3. The van der Waals surface area contributed by atoms with E-state index in [0.717, 1.165) is 61.3 Å². The molecule has 0 unspecified atom stereocenters. The van der Waals surface area contributed by atoms with Gasteiger partial charge in [-0.05, 0) is 53.6 Å². The molecule has 0 spiro atoms. The maximum atomic E-state index is 6.58. The fourth-order valence-electron chi connectivity index (χ4n) is 5.01. The van der Waals surface area contributed by atoms with Gasteiger partial charge in [-0.25, -0.2) is 4.98 Å². The van der Waals surface area contributed by atoms with Crippen LogP contribution in [0.3, 0.4) is 0 Å². The smallest absolute Gasteiger partial charge is 0.146 e. The second-order valence-corrected chi connectivity index (χ2v) is 12.1. The SMILES string of the molecule is Cn1c(-c2cccc3c2oc2cc(-c4cc(C(C)(C)C)nc(C(C)(C)C)c4)ccc23)nc2ccccc21. The Morgan fingerprint density at radius 2 is 1.38 bits per heavy atom. The first-order valence-electron chi connectivity index (χ1n) is 12.9. The number of fused-ring (bicyclic) bond motifs is 4. The maximum absolute atomic E-state index is 6.58. The number of aromatic nitrogens is 3. The summed E-state index contributed by atoms with van der Waals surface area (Å²) in [5, 5.41) is 2.21. The van der Waals surface area contributed by atoms with Crippen LogP contribution in [0, 0.1) is 0 Å². The van der Waals surface area contributed by atoms with Gasteiger partial charge in [0, 0.05) is 40.0 Å². The molecular formula is C33H33N3O. The van der Waals surface area contributed by atoms with Crippen LogP contribution < -0.4 is 0 Å². The molecule has 0 bridgehead atoms. The van der Waals surface area contributed by atoms with Crippen molar-refractivity contribution in [3.63, 3.8) is 0 Å². The van der Waals surface area contributed by atoms with Crippen molar-refractivity contribution >= 4 is 33.0 Å². The Morgan fingerprint density at radius 3 is 2.05 bits per heavy atom. The fraction of sp³-hybridized carbons (Fsp3) is 0.273. The summed E-state index contributed by atoms with van der Waals surface area (Å²) < 4.78 is 8.72. The number of rotatable bonds is 2. The molecule has 0 aliphatic heterocycles. The van der Waals surface area contributed by atoms with Gasteiger partial charge in [0.1, 0.15) is 17.0 Å². The zero-order valence-electron chi connectivity index (χ0n) is 22.7. The van der Waals surface area contributed by atoms with Crippen LogP contribution in [-0.4, -0.2) is 14.5 Å². The van der Waals surface area contributed by atoms with Crippen molar-refractivity contribution in [1.29, 1.82) is 0 Å². The number of para-hydroxylation sites is 3. The summed E-state index contributed by atoms with van der Waals surface area (Å²) in [5.41, 5.74) is 9.26. The van der Waals surface area contributed by atoms with Crippen molar-refractivity contribution in [1.82, 2.24) is 14.5 Å². The molecular weight excluding hydrogens is 454 g/mol. The maximum Gasteiger partial charge on any atom is 0.146 e. The van der Waals surface area contributed by atoms with E-state index in [1.165, 1.54) is 5.56 Å². The van der Waals surface area contributed by atoms with E-state index in [9.17, 15) is 0 Å². The summed E-state index contributed by atoms with van der Waals surface area (Å²) in [5.74, 6) is 0.907. The molecule has 0 saturated heterocycles. The molecule has 0 radical (unpaired) electrons. The zero-order valence-corrected chi connectivity index (χ0v) is 22.7. The van der Waals surface area contributed by atoms with Gasteiger partial charge in [0.15, 0.2) is 0 Å². The van der Waals surface area contributed by atoms with E-state index in [4.69, 9.17) is 14.4 Å². The first-order chi connectivity index (χ1) is 17.5. The second-order valence-electron chi connectivity index (χ2n) is 12.1. The minimum absolute atomic E-state index is 0.0417. The van der Waals surface area contributed by atoms with Crippen LogP contribution in [-0.2, 0) is 17.9 Å². The summed E-state index contributed by atoms with van der Waals surface area (Å²) in [7, 11) is 2.06. The van der Waals surface area contributed by atoms with E-state index < -0.39 is 0 Å². The molecule has 3 aromatic heterocycles. The monoisotopic (exact) mass is 487 g/mol. The van der Waals surface area contributed by atoms with Gasteiger partial charge in [-0.15, -0.1) is 0 Å². The lowest BCUT2D eigenvalue weighted by Gasteiger charge is -2.25. The summed E-state index contributed by atoms with van der Waals surface area (Å²) >= 11 is 0. The first kappa shape index (κ1) is 23.5. The Bertz CT molecular complexity index is 1770. The number of hydrogen-bond donors (Lipinski definition) is 0. The molecule has 0 fully saturated rings. The van der Waals surface area contributed by atoms with Crippen LogP contribution in [0.2, 0.25) is 0 Å². The molecule has 0 N–H and O–H groups in total. The molecule has 6 rings (SSSR count). The number of nitrogens with zero attached hydrogens (tertiary/aromatic N) is 3. The highest BCUT2D eigenvalue weighted by molar-refractivity contribution is 6.10. The van der Waals surface area contributed by atoms with Crippen LogP contribution in [0.4, 0.5) is 0 Å². The van der Waals surface area contributed by atoms with Crippen LogP contribution in [0.1, 0.15) is 52.9 Å². The molecule has 186 valence electrons. The average molecular weight is 488 g/mol. The normalized spacial score (nSPS) is 12.7. The van der Waals surface area contributed by atoms with E-state index in [-0.39, 0.29) is 10.8 Å². The summed E-state index contributed by atoms with van der Waals surface area (Å²) in [6.07, 6.45) is 0. The van der Waals surface area contributed by atoms with Crippen molar-refractivity contribution in [2.75, 3.05) is 0 Å². The van der Waals surface area contributed by atoms with Crippen LogP contribution in [0.5, 0.6) is 0 Å². The van der Waals surface area contributed by atoms with E-state index in [1.54, 1.807) is 0 Å². The minimum Gasteiger partial charge on any atom is -0.455 e. The molecule has 0 amide bonds. The van der Waals surface area contributed by atoms with E-state index >= 15 is 0 Å². The van der Waals surface area contributed by atoms with Crippen molar-refractivity contribution in [2.45, 2.75) is 52.4 Å². The molecule has 0 atom stereocenters. The van der Waals surface area contributed by atoms with Crippen LogP contribution >= 0.6 is 0 Å². The van der Waals surface area contributed by atoms with Gasteiger partial charge in [-0.2, -0.15) is 0 Å². The lowest BCUT2D eigenvalue weighted by molar-refractivity contribution is 0.531. The number of aryl methyl sites for hydroxylation is 1. The molecule has 0 saturated carbocycles. The molecule has 0 aliphatic carbocycles. The fourth-order valence-corrected chi connectivity index (χ4v) is 5.01.